The Morgan fingerprint density at radius 2 is 1.90 bits per heavy atom. The number of benzene rings is 1. The first-order chi connectivity index (χ1) is 13.7. The van der Waals surface area contributed by atoms with E-state index in [1.54, 1.807) is 0 Å². The van der Waals surface area contributed by atoms with Crippen LogP contribution in [0.3, 0.4) is 0 Å². The molecule has 0 saturated carbocycles. The van der Waals surface area contributed by atoms with Crippen molar-refractivity contribution in [3.05, 3.63) is 125 Å². The summed E-state index contributed by atoms with van der Waals surface area (Å²) in [7, 11) is 3.71. The maximum atomic E-state index is 3.48. The van der Waals surface area contributed by atoms with Crippen LogP contribution in [0.2, 0.25) is 0 Å². The van der Waals surface area contributed by atoms with E-state index in [1.165, 1.54) is 21.5 Å². The molecule has 144 valence electrons. The van der Waals surface area contributed by atoms with Gasteiger partial charge in [-0.1, -0.05) is 30.3 Å². The summed E-state index contributed by atoms with van der Waals surface area (Å²) < 4.78 is 0. The molecule has 1 aromatic rings. The molecule has 1 unspecified atom stereocenters. The first-order valence-electron chi connectivity index (χ1n) is 9.17. The molecule has 2 radical (unpaired) electrons. The molecule has 1 aromatic carbocycles. The first kappa shape index (κ1) is 23.1. The molecule has 0 amide bonds. The Bertz CT molecular complexity index is 984. The molecular formula is C26H22FeNP. The largest absolute Gasteiger partial charge is 2.00 e. The van der Waals surface area contributed by atoms with Crippen molar-refractivity contribution in [1.29, 1.82) is 0 Å². The van der Waals surface area contributed by atoms with Gasteiger partial charge in [-0.15, -0.1) is 29.6 Å². The van der Waals surface area contributed by atoms with E-state index in [9.17, 15) is 0 Å². The average molecular weight is 435 g/mol. The SMILES string of the molecule is C[C@H](C1=C=CC=C1P(C1=C[CH]C=C[CH-]1)c1ccccc1)N(C)C.[C]1=C=C=C=[C-]1.[Fe+2]. The fourth-order valence-electron chi connectivity index (χ4n) is 2.90. The molecule has 3 aliphatic rings. The first-order valence-corrected chi connectivity index (χ1v) is 10.5. The van der Waals surface area contributed by atoms with Gasteiger partial charge in [0.1, 0.15) is 0 Å². The fourth-order valence-corrected chi connectivity index (χ4v) is 5.41. The maximum absolute atomic E-state index is 3.48. The van der Waals surface area contributed by atoms with Gasteiger partial charge in [-0.3, -0.25) is 11.5 Å². The number of likely N-dealkylation sites (N-methyl/N-ethyl adjacent to an activating group) is 1. The Hall–Kier alpha value is -2.18. The molecule has 0 spiro atoms. The normalized spacial score (nSPS) is 17.0. The monoisotopic (exact) mass is 435 g/mol. The summed E-state index contributed by atoms with van der Waals surface area (Å²) in [6.07, 6.45) is 20.2. The molecule has 0 fully saturated rings. The Kier molecular flexibility index (Phi) is 9.35. The van der Waals surface area contributed by atoms with Gasteiger partial charge < -0.3 is 4.90 Å². The second-order valence-electron chi connectivity index (χ2n) is 6.55. The van der Waals surface area contributed by atoms with Crippen LogP contribution in [0, 0.1) is 25.0 Å². The van der Waals surface area contributed by atoms with Crippen molar-refractivity contribution >= 4 is 13.2 Å². The van der Waals surface area contributed by atoms with Gasteiger partial charge in [0.15, 0.2) is 0 Å². The van der Waals surface area contributed by atoms with Crippen LogP contribution in [-0.2, 0) is 17.1 Å². The van der Waals surface area contributed by atoms with E-state index in [4.69, 9.17) is 0 Å². The van der Waals surface area contributed by atoms with Crippen LogP contribution >= 0.6 is 7.92 Å². The maximum Gasteiger partial charge on any atom is 2.00 e. The Morgan fingerprint density at radius 1 is 1.10 bits per heavy atom. The summed E-state index contributed by atoms with van der Waals surface area (Å²) in [5.41, 5.74) is 12.3. The summed E-state index contributed by atoms with van der Waals surface area (Å²) in [5.74, 6) is 0. The van der Waals surface area contributed by atoms with Gasteiger partial charge in [-0.25, -0.2) is 5.73 Å². The minimum Gasteiger partial charge on any atom is -0.302 e. The van der Waals surface area contributed by atoms with Crippen molar-refractivity contribution in [2.45, 2.75) is 13.0 Å². The van der Waals surface area contributed by atoms with E-state index < -0.39 is 7.92 Å². The van der Waals surface area contributed by atoms with Crippen molar-refractivity contribution in [2.24, 2.45) is 0 Å². The predicted octanol–water partition coefficient (Wildman–Crippen LogP) is 5.21. The Balaban J connectivity index is 0.000000437. The molecule has 1 nitrogen and oxygen atoms in total. The second kappa shape index (κ2) is 11.7. The van der Waals surface area contributed by atoms with E-state index in [1.807, 2.05) is 0 Å². The van der Waals surface area contributed by atoms with Crippen LogP contribution in [0.4, 0.5) is 0 Å². The Labute approximate surface area is 186 Å². The van der Waals surface area contributed by atoms with Crippen LogP contribution in [0.1, 0.15) is 6.92 Å². The molecule has 0 heterocycles. The van der Waals surface area contributed by atoms with E-state index in [0.717, 1.165) is 0 Å². The molecule has 0 N–H and O–H groups in total. The third kappa shape index (κ3) is 6.15. The molecule has 0 aromatic heterocycles. The van der Waals surface area contributed by atoms with E-state index in [2.05, 4.69) is 135 Å². The number of hydrogen-bond acceptors (Lipinski definition) is 1. The van der Waals surface area contributed by atoms with Gasteiger partial charge in [-0.2, -0.15) is 24.6 Å². The smallest absolute Gasteiger partial charge is 0.302 e. The topological polar surface area (TPSA) is 3.24 Å². The molecule has 3 heteroatoms. The van der Waals surface area contributed by atoms with Crippen molar-refractivity contribution in [3.63, 3.8) is 0 Å². The van der Waals surface area contributed by atoms with E-state index in [0.29, 0.717) is 6.04 Å². The van der Waals surface area contributed by atoms with Gasteiger partial charge in [0.25, 0.3) is 0 Å². The molecule has 0 bridgehead atoms. The zero-order chi connectivity index (χ0) is 19.8. The zero-order valence-electron chi connectivity index (χ0n) is 16.8. The molecule has 4 rings (SSSR count). The van der Waals surface area contributed by atoms with E-state index >= 15 is 0 Å². The summed E-state index contributed by atoms with van der Waals surface area (Å²) in [6, 6.07) is 11.2. The van der Waals surface area contributed by atoms with Crippen LogP contribution in [0.5, 0.6) is 0 Å². The van der Waals surface area contributed by atoms with E-state index in [-0.39, 0.29) is 17.1 Å². The van der Waals surface area contributed by atoms with Crippen molar-refractivity contribution in [3.8, 4) is 0 Å². The van der Waals surface area contributed by atoms with Gasteiger partial charge in [0.2, 0.25) is 0 Å². The van der Waals surface area contributed by atoms with Crippen LogP contribution in [-0.4, -0.2) is 25.0 Å². The van der Waals surface area contributed by atoms with Gasteiger partial charge in [0.05, 0.1) is 0 Å². The number of allylic oxidation sites excluding steroid dienone is 7. The third-order valence-corrected chi connectivity index (χ3v) is 7.03. The minimum atomic E-state index is -0.545. The molecule has 0 aliphatic heterocycles. The van der Waals surface area contributed by atoms with Crippen molar-refractivity contribution in [2.75, 3.05) is 14.1 Å². The van der Waals surface area contributed by atoms with Gasteiger partial charge in [0, 0.05) is 11.6 Å². The molecular weight excluding hydrogens is 413 g/mol. The van der Waals surface area contributed by atoms with Gasteiger partial charge >= 0.3 is 17.1 Å². The quantitative estimate of drug-likeness (QED) is 0.266. The number of nitrogens with zero attached hydrogens (tertiary/aromatic N) is 1. The number of rotatable bonds is 5. The molecule has 29 heavy (non-hydrogen) atoms. The fraction of sp³-hybridized carbons (Fsp3) is 0.154. The predicted molar refractivity (Wildman–Crippen MR) is 119 cm³/mol. The second-order valence-corrected chi connectivity index (χ2v) is 8.73. The third-order valence-electron chi connectivity index (χ3n) is 4.53. The zero-order valence-corrected chi connectivity index (χ0v) is 18.8. The van der Waals surface area contributed by atoms with Gasteiger partial charge in [-0.05, 0) is 51.7 Å². The molecule has 3 aliphatic carbocycles. The van der Waals surface area contributed by atoms with Crippen LogP contribution in [0.15, 0.2) is 99.8 Å². The van der Waals surface area contributed by atoms with Crippen LogP contribution in [0.25, 0.3) is 0 Å². The minimum absolute atomic E-state index is 0. The summed E-state index contributed by atoms with van der Waals surface area (Å²) in [4.78, 5) is 2.25. The summed E-state index contributed by atoms with van der Waals surface area (Å²) in [5, 5.41) is 4.19. The van der Waals surface area contributed by atoms with Crippen molar-refractivity contribution in [1.82, 2.24) is 4.90 Å². The summed E-state index contributed by atoms with van der Waals surface area (Å²) in [6.45, 7) is 2.25. The standard InChI is InChI=1S/C21H22NP.C5.Fe/c1-17(22(2)3)20-15-10-16-21(20)23(18-11-6-4-7-12-18)19-13-8-5-9-14-19;1-2-4-5-3-1;/h4-14,16-17H,1-3H3;;/q2*-1;+2/t17-;;/m1../s1. The number of hydrogen-bond donors (Lipinski definition) is 0. The summed E-state index contributed by atoms with van der Waals surface area (Å²) >= 11 is 0. The molecule has 0 saturated heterocycles. The average Bonchev–Trinajstić information content (AvgIpc) is 3.45. The van der Waals surface area contributed by atoms with Crippen molar-refractivity contribution < 1.29 is 17.1 Å². The van der Waals surface area contributed by atoms with Crippen LogP contribution < -0.4 is 5.30 Å². The molecule has 2 atom stereocenters. The Morgan fingerprint density at radius 3 is 2.45 bits per heavy atom.